The van der Waals surface area contributed by atoms with Gasteiger partial charge in [0.2, 0.25) is 0 Å². The van der Waals surface area contributed by atoms with Gasteiger partial charge in [0.25, 0.3) is 0 Å². The van der Waals surface area contributed by atoms with Gasteiger partial charge in [0.05, 0.1) is 5.41 Å². The van der Waals surface area contributed by atoms with Gasteiger partial charge in [0.1, 0.15) is 5.82 Å². The lowest BCUT2D eigenvalue weighted by Gasteiger charge is -2.18. The highest BCUT2D eigenvalue weighted by molar-refractivity contribution is 7.99. The normalized spacial score (nSPS) is 11.5. The molecule has 0 radical (unpaired) electrons. The third-order valence-electron chi connectivity index (χ3n) is 2.59. The Kier molecular flexibility index (Phi) is 5.00. The number of rotatable bonds is 6. The Labute approximate surface area is 105 Å². The average molecular weight is 256 g/mol. The molecular weight excluding hydrogens is 239 g/mol. The molecule has 1 rings (SSSR count). The fourth-order valence-electron chi connectivity index (χ4n) is 1.37. The summed E-state index contributed by atoms with van der Waals surface area (Å²) in [4.78, 5) is 11.8. The van der Waals surface area contributed by atoms with Crippen molar-refractivity contribution in [3.05, 3.63) is 30.1 Å². The molecule has 2 nitrogen and oxygen atoms in total. The fourth-order valence-corrected chi connectivity index (χ4v) is 2.26. The summed E-state index contributed by atoms with van der Waals surface area (Å²) in [6.07, 6.45) is 1.44. The van der Waals surface area contributed by atoms with E-state index in [1.807, 2.05) is 6.07 Å². The van der Waals surface area contributed by atoms with Crippen LogP contribution in [0, 0.1) is 11.2 Å². The minimum absolute atomic E-state index is 0.235. The van der Waals surface area contributed by atoms with Crippen LogP contribution in [-0.2, 0) is 4.79 Å². The smallest absolute Gasteiger partial charge is 0.309 e. The summed E-state index contributed by atoms with van der Waals surface area (Å²) in [7, 11) is 0. The van der Waals surface area contributed by atoms with Crippen molar-refractivity contribution in [3.8, 4) is 0 Å². The van der Waals surface area contributed by atoms with Gasteiger partial charge in [-0.05, 0) is 50.6 Å². The van der Waals surface area contributed by atoms with Crippen molar-refractivity contribution in [1.82, 2.24) is 0 Å². The number of thioether (sulfide) groups is 1. The van der Waals surface area contributed by atoms with Gasteiger partial charge in [-0.25, -0.2) is 4.39 Å². The third-order valence-corrected chi connectivity index (χ3v) is 3.67. The predicted molar refractivity (Wildman–Crippen MR) is 67.8 cm³/mol. The van der Waals surface area contributed by atoms with Crippen molar-refractivity contribution in [2.45, 2.75) is 31.6 Å². The lowest BCUT2D eigenvalue weighted by atomic mass is 9.88. The number of benzene rings is 1. The van der Waals surface area contributed by atoms with Crippen LogP contribution < -0.4 is 0 Å². The number of carbonyl (C=O) groups is 1. The summed E-state index contributed by atoms with van der Waals surface area (Å²) < 4.78 is 12.9. The van der Waals surface area contributed by atoms with E-state index in [0.717, 1.165) is 17.1 Å². The van der Waals surface area contributed by atoms with E-state index < -0.39 is 11.4 Å². The van der Waals surface area contributed by atoms with Crippen molar-refractivity contribution >= 4 is 17.7 Å². The zero-order valence-electron chi connectivity index (χ0n) is 10.1. The van der Waals surface area contributed by atoms with E-state index in [0.29, 0.717) is 6.42 Å². The average Bonchev–Trinajstić information content (AvgIpc) is 2.24. The van der Waals surface area contributed by atoms with Gasteiger partial charge in [0, 0.05) is 4.90 Å². The summed E-state index contributed by atoms with van der Waals surface area (Å²) in [5.74, 6) is -0.200. The van der Waals surface area contributed by atoms with Gasteiger partial charge in [-0.1, -0.05) is 6.07 Å². The van der Waals surface area contributed by atoms with Gasteiger partial charge in [-0.2, -0.15) is 0 Å². The van der Waals surface area contributed by atoms with Crippen LogP contribution in [0.5, 0.6) is 0 Å². The summed E-state index contributed by atoms with van der Waals surface area (Å²) in [6, 6.07) is 6.44. The second kappa shape index (κ2) is 6.05. The van der Waals surface area contributed by atoms with Gasteiger partial charge in [-0.15, -0.1) is 11.8 Å². The van der Waals surface area contributed by atoms with Crippen LogP contribution in [0.25, 0.3) is 0 Å². The Bertz CT molecular complexity index is 391. The van der Waals surface area contributed by atoms with E-state index in [4.69, 9.17) is 5.11 Å². The van der Waals surface area contributed by atoms with Crippen LogP contribution >= 0.6 is 11.8 Å². The quantitative estimate of drug-likeness (QED) is 0.621. The lowest BCUT2D eigenvalue weighted by molar-refractivity contribution is -0.147. The molecule has 1 N–H and O–H groups in total. The van der Waals surface area contributed by atoms with Crippen LogP contribution in [0.4, 0.5) is 4.39 Å². The standard InChI is InChI=1S/C13H17FO2S/c1-13(2,12(15)16)7-4-8-17-11-6-3-5-10(14)9-11/h3,5-6,9H,4,7-8H2,1-2H3,(H,15,16). The Hall–Kier alpha value is -1.03. The van der Waals surface area contributed by atoms with E-state index in [1.54, 1.807) is 31.7 Å². The molecule has 0 aliphatic rings. The molecule has 0 bridgehead atoms. The molecule has 0 amide bonds. The highest BCUT2D eigenvalue weighted by Gasteiger charge is 2.25. The second-order valence-corrected chi connectivity index (χ2v) is 5.77. The van der Waals surface area contributed by atoms with Crippen molar-refractivity contribution < 1.29 is 14.3 Å². The van der Waals surface area contributed by atoms with Gasteiger partial charge in [0.15, 0.2) is 0 Å². The lowest BCUT2D eigenvalue weighted by Crippen LogP contribution is -2.23. The number of carboxylic acids is 1. The van der Waals surface area contributed by atoms with E-state index in [2.05, 4.69) is 0 Å². The molecule has 17 heavy (non-hydrogen) atoms. The Morgan fingerprint density at radius 1 is 1.47 bits per heavy atom. The summed E-state index contributed by atoms with van der Waals surface area (Å²) in [5.41, 5.74) is -0.678. The zero-order valence-corrected chi connectivity index (χ0v) is 10.9. The maximum absolute atomic E-state index is 12.9. The Morgan fingerprint density at radius 3 is 2.76 bits per heavy atom. The molecule has 0 aliphatic heterocycles. The van der Waals surface area contributed by atoms with Crippen LogP contribution in [0.3, 0.4) is 0 Å². The van der Waals surface area contributed by atoms with Crippen molar-refractivity contribution in [3.63, 3.8) is 0 Å². The highest BCUT2D eigenvalue weighted by atomic mass is 32.2. The van der Waals surface area contributed by atoms with Crippen LogP contribution in [0.1, 0.15) is 26.7 Å². The molecule has 0 atom stereocenters. The SMILES string of the molecule is CC(C)(CCCSc1cccc(F)c1)C(=O)O. The summed E-state index contributed by atoms with van der Waals surface area (Å²) in [6.45, 7) is 3.45. The number of hydrogen-bond donors (Lipinski definition) is 1. The fraction of sp³-hybridized carbons (Fsp3) is 0.462. The predicted octanol–water partition coefficient (Wildman–Crippen LogP) is 3.81. The van der Waals surface area contributed by atoms with Crippen molar-refractivity contribution in [2.24, 2.45) is 5.41 Å². The first kappa shape index (κ1) is 14.0. The Morgan fingerprint density at radius 2 is 2.18 bits per heavy atom. The van der Waals surface area contributed by atoms with Crippen LogP contribution in [0.15, 0.2) is 29.2 Å². The highest BCUT2D eigenvalue weighted by Crippen LogP contribution is 2.26. The van der Waals surface area contributed by atoms with Crippen molar-refractivity contribution in [1.29, 1.82) is 0 Å². The van der Waals surface area contributed by atoms with E-state index >= 15 is 0 Å². The molecule has 0 aliphatic carbocycles. The molecule has 94 valence electrons. The first-order chi connectivity index (χ1) is 7.92. The monoisotopic (exact) mass is 256 g/mol. The summed E-state index contributed by atoms with van der Waals surface area (Å²) >= 11 is 1.55. The first-order valence-corrected chi connectivity index (χ1v) is 6.52. The number of carboxylic acid groups (broad SMARTS) is 1. The van der Waals surface area contributed by atoms with Crippen molar-refractivity contribution in [2.75, 3.05) is 5.75 Å². The molecule has 1 aromatic rings. The zero-order chi connectivity index (χ0) is 12.9. The van der Waals surface area contributed by atoms with Gasteiger partial charge < -0.3 is 5.11 Å². The molecule has 1 aromatic carbocycles. The molecule has 0 aromatic heterocycles. The van der Waals surface area contributed by atoms with E-state index in [1.165, 1.54) is 12.1 Å². The largest absolute Gasteiger partial charge is 0.481 e. The molecule has 0 saturated heterocycles. The van der Waals surface area contributed by atoms with Gasteiger partial charge in [-0.3, -0.25) is 4.79 Å². The molecule has 4 heteroatoms. The molecular formula is C13H17FO2S. The van der Waals surface area contributed by atoms with Crippen LogP contribution in [0.2, 0.25) is 0 Å². The molecule has 0 heterocycles. The first-order valence-electron chi connectivity index (χ1n) is 5.53. The molecule has 0 saturated carbocycles. The summed E-state index contributed by atoms with van der Waals surface area (Å²) in [5, 5.41) is 8.94. The number of aliphatic carboxylic acids is 1. The minimum Gasteiger partial charge on any atom is -0.481 e. The Balaban J connectivity index is 2.32. The third kappa shape index (κ3) is 4.77. The van der Waals surface area contributed by atoms with E-state index in [-0.39, 0.29) is 5.82 Å². The topological polar surface area (TPSA) is 37.3 Å². The maximum Gasteiger partial charge on any atom is 0.309 e. The molecule has 0 fully saturated rings. The van der Waals surface area contributed by atoms with Gasteiger partial charge >= 0.3 is 5.97 Å². The van der Waals surface area contributed by atoms with Crippen LogP contribution in [-0.4, -0.2) is 16.8 Å². The number of hydrogen-bond acceptors (Lipinski definition) is 2. The molecule has 0 spiro atoms. The van der Waals surface area contributed by atoms with E-state index in [9.17, 15) is 9.18 Å². The molecule has 0 unspecified atom stereocenters. The second-order valence-electron chi connectivity index (χ2n) is 4.60. The maximum atomic E-state index is 12.9. The minimum atomic E-state index is -0.770. The number of halogens is 1.